The van der Waals surface area contributed by atoms with Crippen molar-refractivity contribution >= 4 is 0 Å². The molecule has 0 unspecified atom stereocenters. The standard InChI is InChI=1S/C14H26N4O3/c1-3-6-18(7-4-2)8-10-20-12-14-21-13-11-19-9-5-16-17-15/h3-4H,1-2,5-14H2. The van der Waals surface area contributed by atoms with E-state index in [2.05, 4.69) is 28.1 Å². The van der Waals surface area contributed by atoms with Crippen molar-refractivity contribution in [2.75, 3.05) is 65.8 Å². The number of hydrogen-bond acceptors (Lipinski definition) is 5. The van der Waals surface area contributed by atoms with Crippen molar-refractivity contribution in [2.45, 2.75) is 0 Å². The Hall–Kier alpha value is -1.37. The van der Waals surface area contributed by atoms with Crippen LogP contribution < -0.4 is 0 Å². The predicted molar refractivity (Wildman–Crippen MR) is 83.3 cm³/mol. The Bertz CT molecular complexity index is 297. The summed E-state index contributed by atoms with van der Waals surface area (Å²) in [6.07, 6.45) is 3.74. The van der Waals surface area contributed by atoms with Gasteiger partial charge < -0.3 is 14.2 Å². The van der Waals surface area contributed by atoms with E-state index in [0.29, 0.717) is 46.2 Å². The first kappa shape index (κ1) is 19.6. The smallest absolute Gasteiger partial charge is 0.0701 e. The highest BCUT2D eigenvalue weighted by atomic mass is 16.5. The second-order valence-electron chi connectivity index (χ2n) is 4.13. The summed E-state index contributed by atoms with van der Waals surface area (Å²) >= 11 is 0. The van der Waals surface area contributed by atoms with Gasteiger partial charge in [-0.05, 0) is 5.53 Å². The Morgan fingerprint density at radius 3 is 1.95 bits per heavy atom. The molecule has 0 bridgehead atoms. The largest absolute Gasteiger partial charge is 0.379 e. The molecular weight excluding hydrogens is 272 g/mol. The SMILES string of the molecule is C=CCN(CC=C)CCOCCOCCOCCN=[N+]=[N-]. The first-order valence-electron chi connectivity index (χ1n) is 7.03. The Kier molecular flexibility index (Phi) is 15.6. The van der Waals surface area contributed by atoms with Gasteiger partial charge in [-0.25, -0.2) is 0 Å². The average molecular weight is 298 g/mol. The fraction of sp³-hybridized carbons (Fsp3) is 0.714. The Balaban J connectivity index is 3.25. The van der Waals surface area contributed by atoms with Crippen molar-refractivity contribution in [3.8, 4) is 0 Å². The highest BCUT2D eigenvalue weighted by molar-refractivity contribution is 4.79. The number of nitrogens with zero attached hydrogens (tertiary/aromatic N) is 4. The van der Waals surface area contributed by atoms with Gasteiger partial charge in [0.1, 0.15) is 0 Å². The lowest BCUT2D eigenvalue weighted by molar-refractivity contribution is 0.0128. The summed E-state index contributed by atoms with van der Waals surface area (Å²) in [6, 6.07) is 0. The quantitative estimate of drug-likeness (QED) is 0.143. The van der Waals surface area contributed by atoms with Gasteiger partial charge >= 0.3 is 0 Å². The first-order valence-corrected chi connectivity index (χ1v) is 7.03. The minimum absolute atomic E-state index is 0.353. The molecule has 0 aliphatic carbocycles. The fourth-order valence-corrected chi connectivity index (χ4v) is 1.51. The van der Waals surface area contributed by atoms with Gasteiger partial charge in [0.05, 0.1) is 39.6 Å². The fourth-order valence-electron chi connectivity index (χ4n) is 1.51. The molecule has 0 aromatic heterocycles. The summed E-state index contributed by atoms with van der Waals surface area (Å²) in [5.41, 5.74) is 8.06. The molecule has 0 radical (unpaired) electrons. The van der Waals surface area contributed by atoms with E-state index in [9.17, 15) is 0 Å². The van der Waals surface area contributed by atoms with Gasteiger partial charge in [0.2, 0.25) is 0 Å². The van der Waals surface area contributed by atoms with Crippen LogP contribution >= 0.6 is 0 Å². The number of ether oxygens (including phenoxy) is 3. The van der Waals surface area contributed by atoms with Crippen LogP contribution in [0.3, 0.4) is 0 Å². The zero-order valence-corrected chi connectivity index (χ0v) is 12.7. The molecule has 0 saturated carbocycles. The molecule has 0 spiro atoms. The second-order valence-corrected chi connectivity index (χ2v) is 4.13. The van der Waals surface area contributed by atoms with Crippen molar-refractivity contribution in [3.63, 3.8) is 0 Å². The number of azide groups is 1. The lowest BCUT2D eigenvalue weighted by Crippen LogP contribution is -2.28. The molecule has 0 rings (SSSR count). The van der Waals surface area contributed by atoms with Crippen molar-refractivity contribution in [2.24, 2.45) is 5.11 Å². The first-order chi connectivity index (χ1) is 10.3. The van der Waals surface area contributed by atoms with Crippen LogP contribution in [0.2, 0.25) is 0 Å². The van der Waals surface area contributed by atoms with E-state index in [1.54, 1.807) is 0 Å². The van der Waals surface area contributed by atoms with Crippen molar-refractivity contribution in [1.29, 1.82) is 0 Å². The molecule has 21 heavy (non-hydrogen) atoms. The summed E-state index contributed by atoms with van der Waals surface area (Å²) in [5.74, 6) is 0. The van der Waals surface area contributed by atoms with Crippen LogP contribution in [0.25, 0.3) is 10.4 Å². The van der Waals surface area contributed by atoms with E-state index in [1.807, 2.05) is 12.2 Å². The molecule has 0 heterocycles. The zero-order chi connectivity index (χ0) is 15.6. The van der Waals surface area contributed by atoms with Crippen molar-refractivity contribution < 1.29 is 14.2 Å². The van der Waals surface area contributed by atoms with E-state index in [0.717, 1.165) is 19.6 Å². The molecule has 0 saturated heterocycles. The molecular formula is C14H26N4O3. The van der Waals surface area contributed by atoms with Crippen LogP contribution in [-0.4, -0.2) is 70.7 Å². The van der Waals surface area contributed by atoms with E-state index >= 15 is 0 Å². The van der Waals surface area contributed by atoms with Crippen LogP contribution in [0.15, 0.2) is 30.4 Å². The van der Waals surface area contributed by atoms with Gasteiger partial charge in [-0.3, -0.25) is 4.90 Å². The van der Waals surface area contributed by atoms with Crippen LogP contribution in [0.4, 0.5) is 0 Å². The summed E-state index contributed by atoms with van der Waals surface area (Å²) < 4.78 is 16.0. The van der Waals surface area contributed by atoms with Gasteiger partial charge in [0.15, 0.2) is 0 Å². The highest BCUT2D eigenvalue weighted by Crippen LogP contribution is 1.90. The summed E-state index contributed by atoms with van der Waals surface area (Å²) in [6.45, 7) is 13.5. The van der Waals surface area contributed by atoms with Gasteiger partial charge in [-0.1, -0.05) is 17.3 Å². The monoisotopic (exact) mass is 298 g/mol. The maximum atomic E-state index is 8.06. The van der Waals surface area contributed by atoms with Gasteiger partial charge in [0, 0.05) is 31.1 Å². The summed E-state index contributed by atoms with van der Waals surface area (Å²) in [7, 11) is 0. The zero-order valence-electron chi connectivity index (χ0n) is 12.7. The third-order valence-electron chi connectivity index (χ3n) is 2.47. The highest BCUT2D eigenvalue weighted by Gasteiger charge is 1.99. The maximum Gasteiger partial charge on any atom is 0.0701 e. The minimum Gasteiger partial charge on any atom is -0.379 e. The summed E-state index contributed by atoms with van der Waals surface area (Å²) in [5, 5.41) is 3.36. The van der Waals surface area contributed by atoms with Crippen LogP contribution in [0, 0.1) is 0 Å². The van der Waals surface area contributed by atoms with Gasteiger partial charge in [0.25, 0.3) is 0 Å². The molecule has 0 aliphatic rings. The van der Waals surface area contributed by atoms with Crippen LogP contribution in [-0.2, 0) is 14.2 Å². The molecule has 7 nitrogen and oxygen atoms in total. The Labute approximate surface area is 126 Å². The van der Waals surface area contributed by atoms with E-state index in [4.69, 9.17) is 19.7 Å². The van der Waals surface area contributed by atoms with Gasteiger partial charge in [-0.2, -0.15) is 0 Å². The second kappa shape index (κ2) is 16.7. The molecule has 0 atom stereocenters. The molecule has 0 fully saturated rings. The van der Waals surface area contributed by atoms with Crippen molar-refractivity contribution in [1.82, 2.24) is 4.90 Å². The number of rotatable bonds is 16. The lowest BCUT2D eigenvalue weighted by atomic mass is 10.4. The topological polar surface area (TPSA) is 79.7 Å². The predicted octanol–water partition coefficient (Wildman–Crippen LogP) is 2.02. The third-order valence-corrected chi connectivity index (χ3v) is 2.47. The normalized spacial score (nSPS) is 10.3. The molecule has 0 amide bonds. The third kappa shape index (κ3) is 14.8. The molecule has 7 heteroatoms. The van der Waals surface area contributed by atoms with Crippen LogP contribution in [0.5, 0.6) is 0 Å². The molecule has 0 N–H and O–H groups in total. The lowest BCUT2D eigenvalue weighted by Gasteiger charge is -2.18. The summed E-state index contributed by atoms with van der Waals surface area (Å²) in [4.78, 5) is 4.82. The Morgan fingerprint density at radius 2 is 1.43 bits per heavy atom. The van der Waals surface area contributed by atoms with Crippen molar-refractivity contribution in [3.05, 3.63) is 35.8 Å². The molecule has 0 aromatic carbocycles. The van der Waals surface area contributed by atoms with E-state index < -0.39 is 0 Å². The van der Waals surface area contributed by atoms with Gasteiger partial charge in [-0.15, -0.1) is 13.2 Å². The molecule has 0 aromatic rings. The maximum absolute atomic E-state index is 8.06. The van der Waals surface area contributed by atoms with E-state index in [1.165, 1.54) is 0 Å². The minimum atomic E-state index is 0.353. The number of hydrogen-bond donors (Lipinski definition) is 0. The molecule has 120 valence electrons. The van der Waals surface area contributed by atoms with Crippen LogP contribution in [0.1, 0.15) is 0 Å². The molecule has 0 aliphatic heterocycles. The Morgan fingerprint density at radius 1 is 0.905 bits per heavy atom. The average Bonchev–Trinajstić information content (AvgIpc) is 2.48. The van der Waals surface area contributed by atoms with E-state index in [-0.39, 0.29) is 0 Å².